The van der Waals surface area contributed by atoms with Gasteiger partial charge in [0.1, 0.15) is 16.6 Å². The van der Waals surface area contributed by atoms with Crippen LogP contribution in [-0.2, 0) is 26.7 Å². The lowest BCUT2D eigenvalue weighted by molar-refractivity contribution is -0.120. The predicted molar refractivity (Wildman–Crippen MR) is 120 cm³/mol. The number of nitrogens with zero attached hydrogens (tertiary/aromatic N) is 1. The van der Waals surface area contributed by atoms with Crippen LogP contribution in [-0.4, -0.2) is 44.9 Å². The van der Waals surface area contributed by atoms with Gasteiger partial charge >= 0.3 is 0 Å². The molecular weight excluding hydrogens is 420 g/mol. The van der Waals surface area contributed by atoms with E-state index in [1.807, 2.05) is 12.1 Å². The highest BCUT2D eigenvalue weighted by Crippen LogP contribution is 2.27. The molecule has 0 unspecified atom stereocenters. The van der Waals surface area contributed by atoms with Gasteiger partial charge in [-0.25, -0.2) is 8.42 Å². The average Bonchev–Trinajstić information content (AvgIpc) is 3.37. The summed E-state index contributed by atoms with van der Waals surface area (Å²) in [5.41, 5.74) is 1.34. The average molecular weight is 451 g/mol. The van der Waals surface area contributed by atoms with Crippen molar-refractivity contribution < 1.29 is 17.9 Å². The molecule has 0 radical (unpaired) electrons. The Kier molecular flexibility index (Phi) is 7.21. The Morgan fingerprint density at radius 1 is 1.10 bits per heavy atom. The molecule has 1 aromatic carbocycles. The number of sulfonamides is 1. The maximum atomic E-state index is 12.6. The number of ether oxygens (including phenoxy) is 1. The second-order valence-corrected chi connectivity index (χ2v) is 11.8. The van der Waals surface area contributed by atoms with Gasteiger partial charge in [-0.1, -0.05) is 32.9 Å². The summed E-state index contributed by atoms with van der Waals surface area (Å²) in [5, 5.41) is 2.82. The summed E-state index contributed by atoms with van der Waals surface area (Å²) >= 11 is 1.17. The first kappa shape index (κ1) is 22.8. The Morgan fingerprint density at radius 3 is 2.40 bits per heavy atom. The molecule has 0 aliphatic carbocycles. The van der Waals surface area contributed by atoms with Crippen molar-refractivity contribution in [2.24, 2.45) is 0 Å². The fourth-order valence-electron chi connectivity index (χ4n) is 3.28. The zero-order valence-electron chi connectivity index (χ0n) is 17.8. The number of thiophene rings is 1. The maximum absolute atomic E-state index is 12.6. The molecule has 1 aliphatic rings. The lowest BCUT2D eigenvalue weighted by Gasteiger charge is -2.19. The zero-order valence-corrected chi connectivity index (χ0v) is 19.4. The van der Waals surface area contributed by atoms with E-state index in [2.05, 4.69) is 38.2 Å². The van der Waals surface area contributed by atoms with Gasteiger partial charge in [-0.2, -0.15) is 4.31 Å². The molecule has 6 nitrogen and oxygen atoms in total. The topological polar surface area (TPSA) is 75.7 Å². The van der Waals surface area contributed by atoms with E-state index in [1.165, 1.54) is 21.2 Å². The molecule has 1 aromatic heterocycles. The Labute approximate surface area is 183 Å². The number of carbonyl (C=O) groups is 1. The normalized spacial score (nSPS) is 15.3. The quantitative estimate of drug-likeness (QED) is 0.624. The van der Waals surface area contributed by atoms with Crippen LogP contribution in [0.1, 0.15) is 44.1 Å². The minimum absolute atomic E-state index is 0.0992. The van der Waals surface area contributed by atoms with Crippen LogP contribution >= 0.6 is 11.3 Å². The van der Waals surface area contributed by atoms with Gasteiger partial charge in [0.25, 0.3) is 10.0 Å². The van der Waals surface area contributed by atoms with Crippen LogP contribution in [0.2, 0.25) is 0 Å². The Bertz CT molecular complexity index is 954. The molecule has 0 bridgehead atoms. The fraction of sp³-hybridized carbons (Fsp3) is 0.500. The third-order valence-corrected chi connectivity index (χ3v) is 8.50. The molecule has 1 N–H and O–H groups in total. The Balaban J connectivity index is 1.42. The molecule has 1 amide bonds. The van der Waals surface area contributed by atoms with Crippen molar-refractivity contribution in [3.63, 3.8) is 0 Å². The summed E-state index contributed by atoms with van der Waals surface area (Å²) in [6.07, 6.45) is 1.98. The summed E-state index contributed by atoms with van der Waals surface area (Å²) < 4.78 is 32.7. The SMILES string of the molecule is CC(C)(C)c1ccc(OCCNC(=O)Cc2ccc(S(=O)(=O)N3CCCC3)s2)cc1. The molecule has 164 valence electrons. The van der Waals surface area contributed by atoms with Crippen LogP contribution in [0.25, 0.3) is 0 Å². The number of carbonyl (C=O) groups excluding carboxylic acids is 1. The van der Waals surface area contributed by atoms with E-state index in [1.54, 1.807) is 12.1 Å². The molecule has 8 heteroatoms. The number of amides is 1. The predicted octanol–water partition coefficient (Wildman–Crippen LogP) is 3.57. The van der Waals surface area contributed by atoms with Gasteiger partial charge in [-0.05, 0) is 48.1 Å². The van der Waals surface area contributed by atoms with Gasteiger partial charge in [-0.3, -0.25) is 4.79 Å². The van der Waals surface area contributed by atoms with Gasteiger partial charge in [0, 0.05) is 18.0 Å². The lowest BCUT2D eigenvalue weighted by atomic mass is 9.87. The standard InChI is InChI=1S/C22H30N2O4S2/c1-22(2,3)17-6-8-18(9-7-17)28-15-12-23-20(25)16-19-10-11-21(29-19)30(26,27)24-13-4-5-14-24/h6-11H,4-5,12-16H2,1-3H3,(H,23,25). The molecule has 1 saturated heterocycles. The largest absolute Gasteiger partial charge is 0.492 e. The zero-order chi connectivity index (χ0) is 21.8. The van der Waals surface area contributed by atoms with E-state index in [-0.39, 0.29) is 17.7 Å². The summed E-state index contributed by atoms with van der Waals surface area (Å²) in [5.74, 6) is 0.626. The minimum Gasteiger partial charge on any atom is -0.492 e. The summed E-state index contributed by atoms with van der Waals surface area (Å²) in [7, 11) is -3.42. The van der Waals surface area contributed by atoms with Crippen LogP contribution in [0, 0.1) is 0 Å². The van der Waals surface area contributed by atoms with Gasteiger partial charge in [-0.15, -0.1) is 11.3 Å². The van der Waals surface area contributed by atoms with E-state index >= 15 is 0 Å². The summed E-state index contributed by atoms with van der Waals surface area (Å²) in [6, 6.07) is 11.3. The van der Waals surface area contributed by atoms with E-state index in [0.717, 1.165) is 23.5 Å². The summed E-state index contributed by atoms with van der Waals surface area (Å²) in [6.45, 7) is 8.41. The first-order valence-corrected chi connectivity index (χ1v) is 12.5. The first-order valence-electron chi connectivity index (χ1n) is 10.3. The van der Waals surface area contributed by atoms with Crippen molar-refractivity contribution in [3.8, 4) is 5.75 Å². The molecule has 0 atom stereocenters. The lowest BCUT2D eigenvalue weighted by Crippen LogP contribution is -2.29. The monoisotopic (exact) mass is 450 g/mol. The van der Waals surface area contributed by atoms with Gasteiger partial charge in [0.05, 0.1) is 13.0 Å². The summed E-state index contributed by atoms with van der Waals surface area (Å²) in [4.78, 5) is 12.9. The second-order valence-electron chi connectivity index (χ2n) is 8.48. The maximum Gasteiger partial charge on any atom is 0.252 e. The fourth-order valence-corrected chi connectivity index (χ4v) is 6.30. The van der Waals surface area contributed by atoms with Crippen molar-refractivity contribution in [2.75, 3.05) is 26.2 Å². The highest BCUT2D eigenvalue weighted by molar-refractivity contribution is 7.91. The number of nitrogens with one attached hydrogen (secondary N) is 1. The molecular formula is C22H30N2O4S2. The van der Waals surface area contributed by atoms with Crippen molar-refractivity contribution in [3.05, 3.63) is 46.8 Å². The highest BCUT2D eigenvalue weighted by atomic mass is 32.2. The first-order chi connectivity index (χ1) is 14.2. The van der Waals surface area contributed by atoms with Crippen LogP contribution in [0.3, 0.4) is 0 Å². The third kappa shape index (κ3) is 5.83. The Morgan fingerprint density at radius 2 is 1.77 bits per heavy atom. The van der Waals surface area contributed by atoms with E-state index in [4.69, 9.17) is 4.74 Å². The van der Waals surface area contributed by atoms with Crippen LogP contribution in [0.4, 0.5) is 0 Å². The number of hydrogen-bond acceptors (Lipinski definition) is 5. The third-order valence-electron chi connectivity index (χ3n) is 5.04. The van der Waals surface area contributed by atoms with E-state index in [0.29, 0.717) is 30.5 Å². The molecule has 30 heavy (non-hydrogen) atoms. The molecule has 3 rings (SSSR count). The molecule has 1 aliphatic heterocycles. The molecule has 2 heterocycles. The number of hydrogen-bond donors (Lipinski definition) is 1. The van der Waals surface area contributed by atoms with Gasteiger partial charge in [0.2, 0.25) is 5.91 Å². The van der Waals surface area contributed by atoms with Crippen molar-refractivity contribution in [1.29, 1.82) is 0 Å². The van der Waals surface area contributed by atoms with Crippen molar-refractivity contribution >= 4 is 27.3 Å². The van der Waals surface area contributed by atoms with Gasteiger partial charge < -0.3 is 10.1 Å². The molecule has 0 spiro atoms. The number of benzene rings is 1. The highest BCUT2D eigenvalue weighted by Gasteiger charge is 2.28. The van der Waals surface area contributed by atoms with Crippen molar-refractivity contribution in [1.82, 2.24) is 9.62 Å². The van der Waals surface area contributed by atoms with E-state index in [9.17, 15) is 13.2 Å². The van der Waals surface area contributed by atoms with E-state index < -0.39 is 10.0 Å². The van der Waals surface area contributed by atoms with Crippen LogP contribution < -0.4 is 10.1 Å². The van der Waals surface area contributed by atoms with Crippen LogP contribution in [0.15, 0.2) is 40.6 Å². The molecule has 1 fully saturated rings. The van der Waals surface area contributed by atoms with Crippen molar-refractivity contribution in [2.45, 2.75) is 49.7 Å². The minimum atomic E-state index is -3.42. The number of rotatable bonds is 8. The molecule has 0 saturated carbocycles. The second kappa shape index (κ2) is 9.49. The molecule has 2 aromatic rings. The Hall–Kier alpha value is -1.90. The smallest absolute Gasteiger partial charge is 0.252 e. The van der Waals surface area contributed by atoms with Crippen LogP contribution in [0.5, 0.6) is 5.75 Å². The van der Waals surface area contributed by atoms with Gasteiger partial charge in [0.15, 0.2) is 0 Å².